The number of carbonyl (C=O) groups excluding carboxylic acids is 1. The fourth-order valence-corrected chi connectivity index (χ4v) is 2.88. The fraction of sp³-hybridized carbons (Fsp3) is 0.235. The van der Waals surface area contributed by atoms with Gasteiger partial charge in [-0.3, -0.25) is 4.79 Å². The zero-order valence-electron chi connectivity index (χ0n) is 13.8. The third-order valence-electron chi connectivity index (χ3n) is 4.12. The lowest BCUT2D eigenvalue weighted by atomic mass is 10.1. The molecule has 1 N–H and O–H groups in total. The number of anilines is 2. The number of benzene rings is 1. The number of alkyl halides is 1. The molecule has 0 spiro atoms. The molecule has 0 unspecified atom stereocenters. The molecular weight excluding hydrogens is 361 g/mol. The van der Waals surface area contributed by atoms with Crippen molar-refractivity contribution in [3.63, 3.8) is 0 Å². The molecule has 2 aromatic heterocycles. The minimum Gasteiger partial charge on any atom is -0.495 e. The van der Waals surface area contributed by atoms with E-state index in [-0.39, 0.29) is 19.0 Å². The van der Waals surface area contributed by atoms with Gasteiger partial charge in [0.05, 0.1) is 25.9 Å². The Balaban J connectivity index is 1.58. The molecule has 0 atom stereocenters. The van der Waals surface area contributed by atoms with E-state index in [1.54, 1.807) is 41.0 Å². The molecule has 26 heavy (non-hydrogen) atoms. The highest BCUT2D eigenvalue weighted by Gasteiger charge is 2.31. The van der Waals surface area contributed by atoms with Crippen molar-refractivity contribution in [2.24, 2.45) is 0 Å². The number of nitrogens with zero attached hydrogens (tertiary/aromatic N) is 4. The Morgan fingerprint density at radius 3 is 2.88 bits per heavy atom. The van der Waals surface area contributed by atoms with Gasteiger partial charge in [-0.15, -0.1) is 5.10 Å². The Kier molecular flexibility index (Phi) is 4.12. The molecule has 0 radical (unpaired) electrons. The maximum atomic E-state index is 13.0. The van der Waals surface area contributed by atoms with Gasteiger partial charge in [0.2, 0.25) is 5.95 Å². The minimum absolute atomic E-state index is 0.134. The summed E-state index contributed by atoms with van der Waals surface area (Å²) in [4.78, 5) is 18.1. The van der Waals surface area contributed by atoms with E-state index in [1.165, 1.54) is 12.0 Å². The first-order chi connectivity index (χ1) is 12.5. The first-order valence-electron chi connectivity index (χ1n) is 7.94. The quantitative estimate of drug-likeness (QED) is 0.759. The van der Waals surface area contributed by atoms with Crippen LogP contribution in [0.3, 0.4) is 0 Å². The smallest absolute Gasteiger partial charge is 0.254 e. The number of aromatic nitrogens is 3. The summed E-state index contributed by atoms with van der Waals surface area (Å²) in [7, 11) is 1.51. The van der Waals surface area contributed by atoms with Crippen molar-refractivity contribution in [2.45, 2.75) is 6.17 Å². The molecule has 1 aliphatic heterocycles. The molecule has 1 aromatic carbocycles. The predicted molar refractivity (Wildman–Crippen MR) is 95.1 cm³/mol. The van der Waals surface area contributed by atoms with Crippen LogP contribution in [0.1, 0.15) is 10.4 Å². The number of rotatable bonds is 4. The van der Waals surface area contributed by atoms with Gasteiger partial charge in [-0.05, 0) is 24.3 Å². The average molecular weight is 376 g/mol. The number of nitrogens with one attached hydrogen (secondary N) is 1. The Morgan fingerprint density at radius 2 is 2.15 bits per heavy atom. The summed E-state index contributed by atoms with van der Waals surface area (Å²) in [6.07, 6.45) is 0.775. The van der Waals surface area contributed by atoms with Crippen LogP contribution in [0.25, 0.3) is 5.65 Å². The molecular formula is C17H15ClFN5O2. The van der Waals surface area contributed by atoms with Gasteiger partial charge in [0.1, 0.15) is 11.9 Å². The van der Waals surface area contributed by atoms with Crippen molar-refractivity contribution in [2.75, 3.05) is 25.5 Å². The molecule has 1 fully saturated rings. The van der Waals surface area contributed by atoms with Gasteiger partial charge in [-0.2, -0.15) is 4.98 Å². The number of fused-ring (bicyclic) bond motifs is 1. The van der Waals surface area contributed by atoms with E-state index in [4.69, 9.17) is 16.3 Å². The average Bonchev–Trinajstić information content (AvgIpc) is 3.00. The molecule has 4 rings (SSSR count). The summed E-state index contributed by atoms with van der Waals surface area (Å²) >= 11 is 5.95. The van der Waals surface area contributed by atoms with Crippen LogP contribution in [0.2, 0.25) is 5.02 Å². The summed E-state index contributed by atoms with van der Waals surface area (Å²) in [5, 5.41) is 7.94. The maximum absolute atomic E-state index is 13.0. The molecule has 7 nitrogen and oxygen atoms in total. The number of amides is 1. The van der Waals surface area contributed by atoms with Gasteiger partial charge < -0.3 is 15.0 Å². The largest absolute Gasteiger partial charge is 0.495 e. The summed E-state index contributed by atoms with van der Waals surface area (Å²) in [6, 6.07) is 8.39. The molecule has 1 aliphatic rings. The SMILES string of the molecule is COc1cc(C(=O)N2CC(F)C2)ccc1Nc1nc2cc(Cl)ccn2n1. The van der Waals surface area contributed by atoms with Crippen LogP contribution >= 0.6 is 11.6 Å². The van der Waals surface area contributed by atoms with E-state index in [1.807, 2.05) is 0 Å². The number of carbonyl (C=O) groups is 1. The zero-order valence-corrected chi connectivity index (χ0v) is 14.6. The molecule has 9 heteroatoms. The zero-order chi connectivity index (χ0) is 18.3. The second-order valence-corrected chi connectivity index (χ2v) is 6.37. The number of ether oxygens (including phenoxy) is 1. The lowest BCUT2D eigenvalue weighted by Gasteiger charge is -2.34. The molecule has 0 aliphatic carbocycles. The Bertz CT molecular complexity index is 986. The molecule has 1 saturated heterocycles. The Labute approximate surface area is 153 Å². The molecule has 134 valence electrons. The van der Waals surface area contributed by atoms with E-state index in [0.717, 1.165) is 0 Å². The molecule has 1 amide bonds. The van der Waals surface area contributed by atoms with Gasteiger partial charge in [0.25, 0.3) is 5.91 Å². The fourth-order valence-electron chi connectivity index (χ4n) is 2.73. The van der Waals surface area contributed by atoms with Crippen molar-refractivity contribution < 1.29 is 13.9 Å². The lowest BCUT2D eigenvalue weighted by molar-refractivity contribution is 0.0400. The van der Waals surface area contributed by atoms with Crippen molar-refractivity contribution in [3.8, 4) is 5.75 Å². The summed E-state index contributed by atoms with van der Waals surface area (Å²) in [5.41, 5.74) is 1.65. The van der Waals surface area contributed by atoms with Crippen LogP contribution in [-0.4, -0.2) is 51.8 Å². The van der Waals surface area contributed by atoms with Crippen molar-refractivity contribution in [1.29, 1.82) is 0 Å². The number of methoxy groups -OCH3 is 1. The van der Waals surface area contributed by atoms with Gasteiger partial charge in [0.15, 0.2) is 5.65 Å². The number of hydrogen-bond donors (Lipinski definition) is 1. The monoisotopic (exact) mass is 375 g/mol. The third kappa shape index (κ3) is 3.03. The van der Waals surface area contributed by atoms with Gasteiger partial charge in [0, 0.05) is 22.8 Å². The second-order valence-electron chi connectivity index (χ2n) is 5.93. The Hall–Kier alpha value is -2.87. The summed E-state index contributed by atoms with van der Waals surface area (Å²) in [6.45, 7) is 0.268. The molecule has 0 saturated carbocycles. The van der Waals surface area contributed by atoms with Crippen LogP contribution in [-0.2, 0) is 0 Å². The van der Waals surface area contributed by atoms with Gasteiger partial charge in [-0.25, -0.2) is 8.91 Å². The number of likely N-dealkylation sites (tertiary alicyclic amines) is 1. The van der Waals surface area contributed by atoms with Crippen LogP contribution < -0.4 is 10.1 Å². The number of hydrogen-bond acceptors (Lipinski definition) is 5. The first-order valence-corrected chi connectivity index (χ1v) is 8.31. The topological polar surface area (TPSA) is 71.8 Å². The van der Waals surface area contributed by atoms with E-state index >= 15 is 0 Å². The second kappa shape index (κ2) is 6.45. The van der Waals surface area contributed by atoms with E-state index in [0.29, 0.717) is 33.6 Å². The van der Waals surface area contributed by atoms with E-state index in [2.05, 4.69) is 15.4 Å². The lowest BCUT2D eigenvalue weighted by Crippen LogP contribution is -2.51. The van der Waals surface area contributed by atoms with Crippen LogP contribution in [0, 0.1) is 0 Å². The standard InChI is InChI=1S/C17H15ClFN5O2/c1-26-14-6-10(16(25)23-8-12(19)9-23)2-3-13(14)20-17-21-15-7-11(18)4-5-24(15)22-17/h2-7,12H,8-9H2,1H3,(H,20,22). The predicted octanol–water partition coefficient (Wildman–Crippen LogP) is 2.93. The summed E-state index contributed by atoms with van der Waals surface area (Å²) < 4.78 is 19.9. The summed E-state index contributed by atoms with van der Waals surface area (Å²) in [5.74, 6) is 0.613. The normalized spacial score (nSPS) is 14.3. The van der Waals surface area contributed by atoms with Crippen LogP contribution in [0.5, 0.6) is 5.75 Å². The van der Waals surface area contributed by atoms with Crippen molar-refractivity contribution >= 4 is 34.8 Å². The van der Waals surface area contributed by atoms with Crippen LogP contribution in [0.4, 0.5) is 16.0 Å². The molecule has 3 aromatic rings. The highest BCUT2D eigenvalue weighted by Crippen LogP contribution is 2.29. The Morgan fingerprint density at radius 1 is 1.35 bits per heavy atom. The maximum Gasteiger partial charge on any atom is 0.254 e. The minimum atomic E-state index is -0.934. The van der Waals surface area contributed by atoms with Crippen LogP contribution in [0.15, 0.2) is 36.5 Å². The highest BCUT2D eigenvalue weighted by molar-refractivity contribution is 6.30. The molecule has 0 bridgehead atoms. The van der Waals surface area contributed by atoms with Crippen molar-refractivity contribution in [1.82, 2.24) is 19.5 Å². The number of halogens is 2. The molecule has 3 heterocycles. The van der Waals surface area contributed by atoms with E-state index < -0.39 is 6.17 Å². The van der Waals surface area contributed by atoms with Gasteiger partial charge >= 0.3 is 0 Å². The third-order valence-corrected chi connectivity index (χ3v) is 4.35. The van der Waals surface area contributed by atoms with Crippen molar-refractivity contribution in [3.05, 3.63) is 47.1 Å². The highest BCUT2D eigenvalue weighted by atomic mass is 35.5. The first kappa shape index (κ1) is 16.6. The number of pyridine rings is 1. The van der Waals surface area contributed by atoms with Gasteiger partial charge in [-0.1, -0.05) is 11.6 Å². The van der Waals surface area contributed by atoms with E-state index in [9.17, 15) is 9.18 Å².